The van der Waals surface area contributed by atoms with Crippen LogP contribution in [0.15, 0.2) is 29.2 Å². The average molecular weight is 314 g/mol. The number of nitrogens with one attached hydrogen (secondary N) is 1. The Labute approximate surface area is 120 Å². The monoisotopic (exact) mass is 314 g/mol. The van der Waals surface area contributed by atoms with Crippen molar-refractivity contribution >= 4 is 27.7 Å². The van der Waals surface area contributed by atoms with Gasteiger partial charge in [-0.25, -0.2) is 13.2 Å². The van der Waals surface area contributed by atoms with Crippen molar-refractivity contribution in [1.82, 2.24) is 5.32 Å². The second-order valence-corrected chi connectivity index (χ2v) is 6.20. The summed E-state index contributed by atoms with van der Waals surface area (Å²) in [4.78, 5) is 32.0. The van der Waals surface area contributed by atoms with Gasteiger partial charge >= 0.3 is 12.0 Å². The molecule has 0 aliphatic carbocycles. The summed E-state index contributed by atoms with van der Waals surface area (Å²) in [7, 11) is -3.89. The lowest BCUT2D eigenvalue weighted by Crippen LogP contribution is -2.38. The van der Waals surface area contributed by atoms with Crippen LogP contribution < -0.4 is 11.1 Å². The third-order valence-electron chi connectivity index (χ3n) is 2.49. The Morgan fingerprint density at radius 2 is 1.71 bits per heavy atom. The first-order valence-corrected chi connectivity index (χ1v) is 7.49. The van der Waals surface area contributed by atoms with Crippen LogP contribution in [0.3, 0.4) is 0 Å². The minimum absolute atomic E-state index is 0.0624. The molecule has 0 aliphatic heterocycles. The van der Waals surface area contributed by atoms with Crippen LogP contribution >= 0.6 is 0 Å². The molecule has 1 rings (SSSR count). The van der Waals surface area contributed by atoms with Crippen LogP contribution in [0.4, 0.5) is 4.79 Å². The Morgan fingerprint density at radius 3 is 2.19 bits per heavy atom. The zero-order valence-electron chi connectivity index (χ0n) is 10.9. The lowest BCUT2D eigenvalue weighted by Gasteiger charge is -2.05. The molecule has 9 heteroatoms. The van der Waals surface area contributed by atoms with Gasteiger partial charge in [0.15, 0.2) is 9.84 Å². The van der Waals surface area contributed by atoms with Crippen molar-refractivity contribution in [3.8, 4) is 0 Å². The van der Waals surface area contributed by atoms with Crippen molar-refractivity contribution in [2.45, 2.75) is 17.7 Å². The number of primary amides is 1. The van der Waals surface area contributed by atoms with Gasteiger partial charge in [0.05, 0.1) is 4.90 Å². The number of nitrogens with two attached hydrogens (primary N) is 1. The van der Waals surface area contributed by atoms with Crippen LogP contribution in [-0.4, -0.2) is 37.2 Å². The number of sulfone groups is 1. The van der Waals surface area contributed by atoms with Crippen LogP contribution in [-0.2, 0) is 25.8 Å². The number of aliphatic carboxylic acids is 1. The van der Waals surface area contributed by atoms with Crippen LogP contribution in [0, 0.1) is 0 Å². The number of urea groups is 1. The van der Waals surface area contributed by atoms with E-state index in [1.54, 1.807) is 5.32 Å². The number of carbonyl (C=O) groups excluding carboxylic acids is 2. The molecule has 0 bridgehead atoms. The van der Waals surface area contributed by atoms with E-state index in [4.69, 9.17) is 10.8 Å². The Hall–Kier alpha value is -2.42. The number of amides is 3. The molecule has 0 saturated carbocycles. The second kappa shape index (κ2) is 6.84. The molecule has 0 fully saturated rings. The number of carbonyl (C=O) groups is 3. The summed E-state index contributed by atoms with van der Waals surface area (Å²) >= 11 is 0. The molecule has 114 valence electrons. The first kappa shape index (κ1) is 16.6. The predicted octanol–water partition coefficient (Wildman–Crippen LogP) is -0.328. The van der Waals surface area contributed by atoms with Crippen molar-refractivity contribution < 1.29 is 27.9 Å². The molecule has 3 amide bonds. The van der Waals surface area contributed by atoms with E-state index >= 15 is 0 Å². The van der Waals surface area contributed by atoms with Crippen LogP contribution in [0.1, 0.15) is 12.0 Å². The van der Waals surface area contributed by atoms with Gasteiger partial charge in [0, 0.05) is 6.42 Å². The minimum Gasteiger partial charge on any atom is -0.481 e. The molecule has 1 aromatic rings. The summed E-state index contributed by atoms with van der Waals surface area (Å²) in [6.07, 6.45) is 0.213. The normalized spacial score (nSPS) is 10.9. The molecule has 0 radical (unpaired) electrons. The SMILES string of the molecule is NC(=O)NC(=O)CS(=O)(=O)c1ccc(CCC(=O)O)cc1. The largest absolute Gasteiger partial charge is 0.481 e. The van der Waals surface area contributed by atoms with E-state index in [2.05, 4.69) is 0 Å². The summed E-state index contributed by atoms with van der Waals surface area (Å²) in [6.45, 7) is 0. The van der Waals surface area contributed by atoms with Crippen LogP contribution in [0.25, 0.3) is 0 Å². The molecule has 0 unspecified atom stereocenters. The molecule has 21 heavy (non-hydrogen) atoms. The Balaban J connectivity index is 2.77. The fraction of sp³-hybridized carbons (Fsp3) is 0.250. The summed E-state index contributed by atoms with van der Waals surface area (Å²) in [5.74, 6) is -2.86. The molecule has 8 nitrogen and oxygen atoms in total. The molecule has 0 aromatic heterocycles. The molecule has 1 aromatic carbocycles. The Kier molecular flexibility index (Phi) is 5.42. The van der Waals surface area contributed by atoms with Crippen molar-refractivity contribution in [1.29, 1.82) is 0 Å². The first-order chi connectivity index (χ1) is 9.70. The smallest absolute Gasteiger partial charge is 0.318 e. The number of carboxylic acid groups (broad SMARTS) is 1. The van der Waals surface area contributed by atoms with E-state index in [-0.39, 0.29) is 17.7 Å². The Bertz CT molecular complexity index is 651. The van der Waals surface area contributed by atoms with Gasteiger partial charge in [0.25, 0.3) is 0 Å². The molecule has 0 spiro atoms. The number of rotatable bonds is 6. The van der Waals surface area contributed by atoms with Gasteiger partial charge < -0.3 is 10.8 Å². The quantitative estimate of drug-likeness (QED) is 0.656. The third kappa shape index (κ3) is 5.61. The summed E-state index contributed by atoms with van der Waals surface area (Å²) in [6, 6.07) is 4.39. The van der Waals surface area contributed by atoms with Crippen molar-refractivity contribution in [3.05, 3.63) is 29.8 Å². The van der Waals surface area contributed by atoms with E-state index in [1.165, 1.54) is 24.3 Å². The maximum Gasteiger partial charge on any atom is 0.318 e. The highest BCUT2D eigenvalue weighted by Crippen LogP contribution is 2.13. The summed E-state index contributed by atoms with van der Waals surface area (Å²) in [5, 5.41) is 10.2. The predicted molar refractivity (Wildman–Crippen MR) is 72.2 cm³/mol. The molecule has 0 saturated heterocycles. The molecular formula is C12H14N2O6S. The van der Waals surface area contributed by atoms with Gasteiger partial charge in [-0.05, 0) is 24.1 Å². The van der Waals surface area contributed by atoms with Crippen molar-refractivity contribution in [3.63, 3.8) is 0 Å². The number of carboxylic acids is 1. The van der Waals surface area contributed by atoms with Crippen molar-refractivity contribution in [2.24, 2.45) is 5.73 Å². The van der Waals surface area contributed by atoms with Gasteiger partial charge in [-0.15, -0.1) is 0 Å². The zero-order chi connectivity index (χ0) is 16.0. The number of aryl methyl sites for hydroxylation is 1. The third-order valence-corrected chi connectivity index (χ3v) is 4.13. The number of benzene rings is 1. The van der Waals surface area contributed by atoms with E-state index < -0.39 is 33.5 Å². The zero-order valence-corrected chi connectivity index (χ0v) is 11.7. The first-order valence-electron chi connectivity index (χ1n) is 5.83. The highest BCUT2D eigenvalue weighted by atomic mass is 32.2. The minimum atomic E-state index is -3.89. The van der Waals surface area contributed by atoms with Crippen LogP contribution in [0.5, 0.6) is 0 Å². The standard InChI is InChI=1S/C12H14N2O6S/c13-12(18)14-10(15)7-21(19,20)9-4-1-8(2-5-9)3-6-11(16)17/h1-2,4-5H,3,6-7H2,(H,16,17)(H3,13,14,15,18). The highest BCUT2D eigenvalue weighted by molar-refractivity contribution is 7.92. The lowest BCUT2D eigenvalue weighted by atomic mass is 10.1. The summed E-state index contributed by atoms with van der Waals surface area (Å²) in [5.41, 5.74) is 5.38. The molecule has 0 heterocycles. The topological polar surface area (TPSA) is 144 Å². The fourth-order valence-electron chi connectivity index (χ4n) is 1.54. The van der Waals surface area contributed by atoms with E-state index in [9.17, 15) is 22.8 Å². The average Bonchev–Trinajstić information content (AvgIpc) is 2.35. The van der Waals surface area contributed by atoms with E-state index in [0.717, 1.165) is 0 Å². The fourth-order valence-corrected chi connectivity index (χ4v) is 2.68. The van der Waals surface area contributed by atoms with Gasteiger partial charge in [0.2, 0.25) is 5.91 Å². The van der Waals surface area contributed by atoms with Gasteiger partial charge in [-0.3, -0.25) is 14.9 Å². The molecule has 0 atom stereocenters. The van der Waals surface area contributed by atoms with E-state index in [1.807, 2.05) is 0 Å². The number of imide groups is 1. The van der Waals surface area contributed by atoms with Gasteiger partial charge in [-0.2, -0.15) is 0 Å². The maximum atomic E-state index is 11.9. The van der Waals surface area contributed by atoms with E-state index in [0.29, 0.717) is 5.56 Å². The van der Waals surface area contributed by atoms with Crippen LogP contribution in [0.2, 0.25) is 0 Å². The number of hydrogen-bond acceptors (Lipinski definition) is 5. The number of hydrogen-bond donors (Lipinski definition) is 3. The van der Waals surface area contributed by atoms with Gasteiger partial charge in [-0.1, -0.05) is 12.1 Å². The second-order valence-electron chi connectivity index (χ2n) is 4.21. The molecular weight excluding hydrogens is 300 g/mol. The summed E-state index contributed by atoms with van der Waals surface area (Å²) < 4.78 is 23.8. The molecule has 0 aliphatic rings. The van der Waals surface area contributed by atoms with Gasteiger partial charge in [0.1, 0.15) is 5.75 Å². The highest BCUT2D eigenvalue weighted by Gasteiger charge is 2.20. The van der Waals surface area contributed by atoms with Crippen molar-refractivity contribution in [2.75, 3.05) is 5.75 Å². The lowest BCUT2D eigenvalue weighted by molar-refractivity contribution is -0.137. The Morgan fingerprint density at radius 1 is 1.14 bits per heavy atom. The maximum absolute atomic E-state index is 11.9. The molecule has 4 N–H and O–H groups in total.